The van der Waals surface area contributed by atoms with E-state index >= 15 is 0 Å². The highest BCUT2D eigenvalue weighted by Crippen LogP contribution is 2.21. The number of nitrogens with one attached hydrogen (secondary N) is 2. The molecule has 3 rings (SSSR count). The third-order valence-electron chi connectivity index (χ3n) is 4.69. The molecule has 0 saturated heterocycles. The fraction of sp³-hybridized carbons (Fsp3) is 0.381. The minimum absolute atomic E-state index is 0.0355. The van der Waals surface area contributed by atoms with Gasteiger partial charge in [-0.05, 0) is 30.4 Å². The highest BCUT2D eigenvalue weighted by Gasteiger charge is 2.31. The molecule has 3 N–H and O–H groups in total. The van der Waals surface area contributed by atoms with Gasteiger partial charge >= 0.3 is 6.09 Å². The van der Waals surface area contributed by atoms with Crippen molar-refractivity contribution in [3.8, 4) is 0 Å². The normalized spacial score (nSPS) is 20.0. The second-order valence-electron chi connectivity index (χ2n) is 6.81. The van der Waals surface area contributed by atoms with Gasteiger partial charge in [-0.1, -0.05) is 60.7 Å². The predicted molar refractivity (Wildman–Crippen MR) is 101 cm³/mol. The summed E-state index contributed by atoms with van der Waals surface area (Å²) in [6, 6.07) is 20.3. The van der Waals surface area contributed by atoms with Crippen molar-refractivity contribution < 1.29 is 14.6 Å². The van der Waals surface area contributed by atoms with Gasteiger partial charge in [0.25, 0.3) is 0 Å². The Morgan fingerprint density at radius 1 is 1.00 bits per heavy atom. The first kappa shape index (κ1) is 18.4. The summed E-state index contributed by atoms with van der Waals surface area (Å²) < 4.78 is 5.24. The predicted octanol–water partition coefficient (Wildman–Crippen LogP) is 2.64. The van der Waals surface area contributed by atoms with Crippen molar-refractivity contribution in [2.24, 2.45) is 0 Å². The number of rotatable bonds is 8. The van der Waals surface area contributed by atoms with E-state index in [0.29, 0.717) is 6.04 Å². The van der Waals surface area contributed by atoms with E-state index < -0.39 is 0 Å². The maximum atomic E-state index is 11.9. The molecule has 1 atom stereocenters. The second kappa shape index (κ2) is 9.36. The summed E-state index contributed by atoms with van der Waals surface area (Å²) in [5.74, 6) is 0. The SMILES string of the molecule is O=C(NC1CC(NC(CO)Cc2ccccc2)C1)OCc1ccccc1. The van der Waals surface area contributed by atoms with Crippen LogP contribution in [0.3, 0.4) is 0 Å². The first-order valence-electron chi connectivity index (χ1n) is 9.11. The third-order valence-corrected chi connectivity index (χ3v) is 4.69. The van der Waals surface area contributed by atoms with Gasteiger partial charge < -0.3 is 20.5 Å². The summed E-state index contributed by atoms with van der Waals surface area (Å²) in [6.07, 6.45) is 2.13. The van der Waals surface area contributed by atoms with E-state index in [-0.39, 0.29) is 31.4 Å². The van der Waals surface area contributed by atoms with Crippen LogP contribution in [-0.4, -0.2) is 35.9 Å². The smallest absolute Gasteiger partial charge is 0.407 e. The van der Waals surface area contributed by atoms with E-state index in [9.17, 15) is 9.90 Å². The van der Waals surface area contributed by atoms with Crippen molar-refractivity contribution in [1.29, 1.82) is 0 Å². The summed E-state index contributed by atoms with van der Waals surface area (Å²) in [4.78, 5) is 11.9. The largest absolute Gasteiger partial charge is 0.445 e. The van der Waals surface area contributed by atoms with Crippen LogP contribution in [0.1, 0.15) is 24.0 Å². The van der Waals surface area contributed by atoms with Crippen LogP contribution in [0.15, 0.2) is 60.7 Å². The third kappa shape index (κ3) is 5.58. The van der Waals surface area contributed by atoms with Crippen LogP contribution >= 0.6 is 0 Å². The lowest BCUT2D eigenvalue weighted by Crippen LogP contribution is -2.55. The Bertz CT molecular complexity index is 672. The molecule has 5 heteroatoms. The number of aliphatic hydroxyl groups is 1. The molecular formula is C21H26N2O3. The Balaban J connectivity index is 1.33. The molecule has 0 spiro atoms. The van der Waals surface area contributed by atoms with Gasteiger partial charge in [0.2, 0.25) is 0 Å². The second-order valence-corrected chi connectivity index (χ2v) is 6.81. The van der Waals surface area contributed by atoms with Gasteiger partial charge in [0.1, 0.15) is 6.61 Å². The van der Waals surface area contributed by atoms with Crippen molar-refractivity contribution in [2.45, 2.75) is 44.0 Å². The molecule has 0 aromatic heterocycles. The van der Waals surface area contributed by atoms with E-state index in [1.165, 1.54) is 5.56 Å². The zero-order chi connectivity index (χ0) is 18.2. The molecule has 2 aromatic carbocycles. The quantitative estimate of drug-likeness (QED) is 0.682. The lowest BCUT2D eigenvalue weighted by molar-refractivity contribution is 0.122. The summed E-state index contributed by atoms with van der Waals surface area (Å²) in [7, 11) is 0. The number of hydrogen-bond acceptors (Lipinski definition) is 4. The average molecular weight is 354 g/mol. The fourth-order valence-electron chi connectivity index (χ4n) is 3.21. The Hall–Kier alpha value is -2.37. The zero-order valence-corrected chi connectivity index (χ0v) is 14.8. The van der Waals surface area contributed by atoms with Crippen LogP contribution in [0.25, 0.3) is 0 Å². The molecule has 1 aliphatic carbocycles. The highest BCUT2D eigenvalue weighted by molar-refractivity contribution is 5.67. The molecule has 26 heavy (non-hydrogen) atoms. The van der Waals surface area contributed by atoms with Crippen LogP contribution < -0.4 is 10.6 Å². The van der Waals surface area contributed by atoms with Crippen LogP contribution in [-0.2, 0) is 17.8 Å². The summed E-state index contributed by atoms with van der Waals surface area (Å²) in [5.41, 5.74) is 2.18. The van der Waals surface area contributed by atoms with Crippen LogP contribution in [0.5, 0.6) is 0 Å². The molecule has 1 aliphatic rings. The molecule has 0 aliphatic heterocycles. The van der Waals surface area contributed by atoms with E-state index in [0.717, 1.165) is 24.8 Å². The molecule has 5 nitrogen and oxygen atoms in total. The molecule has 0 radical (unpaired) electrons. The van der Waals surface area contributed by atoms with E-state index in [4.69, 9.17) is 4.74 Å². The van der Waals surface area contributed by atoms with Crippen molar-refractivity contribution in [2.75, 3.05) is 6.61 Å². The number of amides is 1. The molecule has 0 heterocycles. The maximum Gasteiger partial charge on any atom is 0.407 e. The molecule has 0 bridgehead atoms. The first-order valence-corrected chi connectivity index (χ1v) is 9.11. The molecule has 1 fully saturated rings. The van der Waals surface area contributed by atoms with Gasteiger partial charge in [-0.15, -0.1) is 0 Å². The van der Waals surface area contributed by atoms with Gasteiger partial charge in [0.05, 0.1) is 6.61 Å². The lowest BCUT2D eigenvalue weighted by Gasteiger charge is -2.38. The lowest BCUT2D eigenvalue weighted by atomic mass is 9.86. The van der Waals surface area contributed by atoms with Gasteiger partial charge in [0.15, 0.2) is 0 Å². The van der Waals surface area contributed by atoms with Crippen LogP contribution in [0.2, 0.25) is 0 Å². The summed E-state index contributed by atoms with van der Waals surface area (Å²) >= 11 is 0. The number of ether oxygens (including phenoxy) is 1. The standard InChI is InChI=1S/C21H26N2O3/c24-14-20(11-16-7-3-1-4-8-16)22-18-12-19(13-18)23-21(25)26-15-17-9-5-2-6-10-17/h1-10,18-20,22,24H,11-15H2,(H,23,25). The average Bonchev–Trinajstić information content (AvgIpc) is 2.65. The minimum atomic E-state index is -0.375. The molecule has 1 unspecified atom stereocenters. The minimum Gasteiger partial charge on any atom is -0.445 e. The topological polar surface area (TPSA) is 70.6 Å². The molecule has 2 aromatic rings. The Morgan fingerprint density at radius 2 is 1.62 bits per heavy atom. The molecule has 1 saturated carbocycles. The van der Waals surface area contributed by atoms with Gasteiger partial charge in [-0.25, -0.2) is 4.79 Å². The number of hydrogen-bond donors (Lipinski definition) is 3. The van der Waals surface area contributed by atoms with E-state index in [1.54, 1.807) is 0 Å². The number of alkyl carbamates (subject to hydrolysis) is 1. The van der Waals surface area contributed by atoms with E-state index in [1.807, 2.05) is 48.5 Å². The number of carbonyl (C=O) groups excluding carboxylic acids is 1. The van der Waals surface area contributed by atoms with Crippen molar-refractivity contribution in [3.63, 3.8) is 0 Å². The van der Waals surface area contributed by atoms with E-state index in [2.05, 4.69) is 22.8 Å². The summed E-state index contributed by atoms with van der Waals surface area (Å²) in [5, 5.41) is 16.0. The van der Waals surface area contributed by atoms with Crippen molar-refractivity contribution in [3.05, 3.63) is 71.8 Å². The van der Waals surface area contributed by atoms with Gasteiger partial charge in [0, 0.05) is 18.1 Å². The zero-order valence-electron chi connectivity index (χ0n) is 14.8. The van der Waals surface area contributed by atoms with Crippen molar-refractivity contribution in [1.82, 2.24) is 10.6 Å². The Labute approximate surface area is 154 Å². The number of aliphatic hydroxyl groups excluding tert-OH is 1. The highest BCUT2D eigenvalue weighted by atomic mass is 16.5. The van der Waals surface area contributed by atoms with Crippen LogP contribution in [0, 0.1) is 0 Å². The van der Waals surface area contributed by atoms with Gasteiger partial charge in [-0.3, -0.25) is 0 Å². The monoisotopic (exact) mass is 354 g/mol. The molecular weight excluding hydrogens is 328 g/mol. The fourth-order valence-corrected chi connectivity index (χ4v) is 3.21. The first-order chi connectivity index (χ1) is 12.7. The Morgan fingerprint density at radius 3 is 2.23 bits per heavy atom. The maximum absolute atomic E-state index is 11.9. The van der Waals surface area contributed by atoms with Crippen LogP contribution in [0.4, 0.5) is 4.79 Å². The summed E-state index contributed by atoms with van der Waals surface area (Å²) in [6.45, 7) is 0.382. The molecule has 1 amide bonds. The van der Waals surface area contributed by atoms with Gasteiger partial charge in [-0.2, -0.15) is 0 Å². The van der Waals surface area contributed by atoms with Crippen molar-refractivity contribution >= 4 is 6.09 Å². The number of benzene rings is 2. The molecule has 138 valence electrons. The Kier molecular flexibility index (Phi) is 6.63. The number of carbonyl (C=O) groups is 1.